The fraction of sp³-hybridized carbons (Fsp3) is 0.239. The van der Waals surface area contributed by atoms with Crippen LogP contribution in [0.25, 0.3) is 0 Å². The van der Waals surface area contributed by atoms with Crippen LogP contribution < -0.4 is 0 Å². The predicted molar refractivity (Wildman–Crippen MR) is 342 cm³/mol. The van der Waals surface area contributed by atoms with Crippen LogP contribution in [0.3, 0.4) is 0 Å². The van der Waals surface area contributed by atoms with Crippen molar-refractivity contribution in [3.8, 4) is 0 Å². The fourth-order valence-electron chi connectivity index (χ4n) is 9.65. The first kappa shape index (κ1) is 67.0. The van der Waals surface area contributed by atoms with Crippen LogP contribution in [0.1, 0.15) is 50.1 Å². The summed E-state index contributed by atoms with van der Waals surface area (Å²) < 4.78 is 141. The van der Waals surface area contributed by atoms with Crippen molar-refractivity contribution in [3.63, 3.8) is 0 Å². The monoisotopic (exact) mass is 1290 g/mol. The Morgan fingerprint density at radius 1 is 0.209 bits per heavy atom. The lowest BCUT2D eigenvalue weighted by atomic mass is 9.84. The third-order valence-corrected chi connectivity index (χ3v) is 18.5. The molecule has 1 fully saturated rings. The van der Waals surface area contributed by atoms with Crippen molar-refractivity contribution >= 4 is 23.5 Å². The highest BCUT2D eigenvalue weighted by molar-refractivity contribution is 7.49. The summed E-state index contributed by atoms with van der Waals surface area (Å²) in [5, 5.41) is 0. The number of phosphoric ester groups is 3. The first-order valence-corrected chi connectivity index (χ1v) is 34.1. The van der Waals surface area contributed by atoms with Gasteiger partial charge in [0.05, 0.1) is 59.5 Å². The molecule has 0 aromatic heterocycles. The summed E-state index contributed by atoms with van der Waals surface area (Å²) in [5.74, 6) is 0. The van der Waals surface area contributed by atoms with E-state index in [4.69, 9.17) is 64.4 Å². The molecule has 91 heavy (non-hydrogen) atoms. The average molecular weight is 1290 g/mol. The molecule has 0 N–H and O–H groups in total. The van der Waals surface area contributed by atoms with E-state index in [1.807, 2.05) is 176 Å². The van der Waals surface area contributed by atoms with Crippen molar-refractivity contribution in [3.05, 3.63) is 323 Å². The van der Waals surface area contributed by atoms with Gasteiger partial charge in [0.1, 0.15) is 50.2 Å². The number of hydrogen-bond donors (Lipinski definition) is 0. The van der Waals surface area contributed by atoms with Gasteiger partial charge >= 0.3 is 23.5 Å². The van der Waals surface area contributed by atoms with Gasteiger partial charge in [-0.15, -0.1) is 0 Å². The lowest BCUT2D eigenvalue weighted by Crippen LogP contribution is -2.67. The van der Waals surface area contributed by atoms with Gasteiger partial charge in [-0.3, -0.25) is 40.7 Å². The molecule has 10 rings (SSSR count). The van der Waals surface area contributed by atoms with Crippen LogP contribution in [0.15, 0.2) is 273 Å². The highest BCUT2D eigenvalue weighted by Crippen LogP contribution is 2.60. The Morgan fingerprint density at radius 2 is 0.385 bits per heavy atom. The molecule has 474 valence electrons. The summed E-state index contributed by atoms with van der Waals surface area (Å²) in [6.07, 6.45) is -10.3. The van der Waals surface area contributed by atoms with Gasteiger partial charge in [0.15, 0.2) is 0 Å². The van der Waals surface area contributed by atoms with Crippen LogP contribution in [0, 0.1) is 0 Å². The topological polar surface area (TPSA) is 180 Å². The number of hydrogen-bond acceptors (Lipinski definition) is 17. The number of ether oxygens (including phenoxy) is 5. The summed E-state index contributed by atoms with van der Waals surface area (Å²) in [6, 6.07) is 82.4. The zero-order valence-corrected chi connectivity index (χ0v) is 52.7. The van der Waals surface area contributed by atoms with Crippen molar-refractivity contribution in [2.45, 2.75) is 96.1 Å². The van der Waals surface area contributed by atoms with E-state index in [1.54, 1.807) is 97.1 Å². The second kappa shape index (κ2) is 35.2. The van der Waals surface area contributed by atoms with Gasteiger partial charge in [-0.25, -0.2) is 13.7 Å². The highest BCUT2D eigenvalue weighted by Gasteiger charge is 2.61. The van der Waals surface area contributed by atoms with E-state index in [0.717, 1.165) is 11.1 Å². The maximum Gasteiger partial charge on any atom is 0.475 e. The molecule has 9 aromatic rings. The Hall–Kier alpha value is -6.89. The van der Waals surface area contributed by atoms with Crippen molar-refractivity contribution in [1.29, 1.82) is 0 Å². The molecular weight excluding hydrogens is 1220 g/mol. The number of benzene rings is 9. The van der Waals surface area contributed by atoms with Gasteiger partial charge in [0.25, 0.3) is 0 Å². The largest absolute Gasteiger partial charge is 0.475 e. The van der Waals surface area contributed by atoms with E-state index in [9.17, 15) is 0 Å². The smallest absolute Gasteiger partial charge is 0.368 e. The molecule has 9 aromatic carbocycles. The van der Waals surface area contributed by atoms with Gasteiger partial charge in [-0.05, 0) is 50.1 Å². The molecule has 0 bridgehead atoms. The van der Waals surface area contributed by atoms with Crippen molar-refractivity contribution in [1.82, 2.24) is 0 Å². The molecule has 0 unspecified atom stereocenters. The van der Waals surface area contributed by atoms with E-state index >= 15 is 13.7 Å². The molecule has 6 atom stereocenters. The maximum absolute atomic E-state index is 16.3. The van der Waals surface area contributed by atoms with Gasteiger partial charge in [-0.1, -0.05) is 273 Å². The summed E-state index contributed by atoms with van der Waals surface area (Å²) >= 11 is 0. The van der Waals surface area contributed by atoms with Crippen LogP contribution in [0.2, 0.25) is 0 Å². The zero-order valence-electron chi connectivity index (χ0n) is 50.0. The standard InChI is InChI=1S/C71H73O17P3/c72-89(80-49-60-34-16-4-17-35-60,81-50-61-36-18-5-19-37-61)86-69-67(78-55-75-46-57-28-10-1-11-29-57)66(77-48-59-32-14-3-15-33-59)70(87-90(73,82-51-62-38-20-6-21-39-62)83-52-63-40-22-7-23-41-63)71(68(69)79-56-76-47-58-30-12-2-13-31-58)88-91(74,84-53-64-42-24-8-25-43-64)85-54-65-44-26-9-27-45-65/h1-45,66-71H,46-56H2/t66-,67+,68-,69+,70+,71+/m0/s1. The Labute approximate surface area is 531 Å². The zero-order chi connectivity index (χ0) is 62.7. The van der Waals surface area contributed by atoms with Crippen molar-refractivity contribution < 1.29 is 78.1 Å². The molecular formula is C71H73O17P3. The van der Waals surface area contributed by atoms with Crippen molar-refractivity contribution in [2.24, 2.45) is 0 Å². The minimum atomic E-state index is -5.02. The Balaban J connectivity index is 1.15. The molecule has 20 heteroatoms. The van der Waals surface area contributed by atoms with Crippen LogP contribution >= 0.6 is 23.5 Å². The van der Waals surface area contributed by atoms with Crippen molar-refractivity contribution in [2.75, 3.05) is 13.6 Å². The minimum absolute atomic E-state index is 0.0498. The first-order valence-electron chi connectivity index (χ1n) is 29.7. The van der Waals surface area contributed by atoms with E-state index in [1.165, 1.54) is 0 Å². The van der Waals surface area contributed by atoms with Gasteiger partial charge in [0, 0.05) is 0 Å². The van der Waals surface area contributed by atoms with Gasteiger partial charge in [-0.2, -0.15) is 0 Å². The summed E-state index contributed by atoms with van der Waals surface area (Å²) in [7, 11) is -14.9. The normalized spacial score (nSPS) is 17.8. The highest BCUT2D eigenvalue weighted by atomic mass is 31.2. The molecule has 17 nitrogen and oxygen atoms in total. The van der Waals surface area contributed by atoms with E-state index in [-0.39, 0.29) is 59.5 Å². The second-order valence-electron chi connectivity index (χ2n) is 21.0. The second-order valence-corrected chi connectivity index (χ2v) is 25.9. The SMILES string of the molecule is O=P(OCc1ccccc1)(OCc1ccccc1)O[C@@H]1[C@H](OCOCc2ccccc2)[C@H](OCc2ccccc2)[C@@H](OP(=O)(OCc2ccccc2)OCc2ccccc2)[C@H](OP(=O)(OCc2ccccc2)OCc2ccccc2)[C@H]1OCOCc1ccccc1. The van der Waals surface area contributed by atoms with Crippen LogP contribution in [0.5, 0.6) is 0 Å². The van der Waals surface area contributed by atoms with E-state index in [2.05, 4.69) is 0 Å². The third-order valence-electron chi connectivity index (χ3n) is 14.3. The number of rotatable bonds is 37. The lowest BCUT2D eigenvalue weighted by Gasteiger charge is -2.49. The molecule has 0 radical (unpaired) electrons. The average Bonchev–Trinajstić information content (AvgIpc) is 0.776. The minimum Gasteiger partial charge on any atom is -0.368 e. The molecule has 0 heterocycles. The number of phosphoric acid groups is 3. The van der Waals surface area contributed by atoms with Crippen LogP contribution in [0.4, 0.5) is 0 Å². The van der Waals surface area contributed by atoms with Crippen LogP contribution in [-0.4, -0.2) is 50.2 Å². The van der Waals surface area contributed by atoms with E-state index in [0.29, 0.717) is 38.9 Å². The molecule has 1 aliphatic rings. The van der Waals surface area contributed by atoms with Crippen LogP contribution in [-0.2, 0) is 138 Å². The lowest BCUT2D eigenvalue weighted by molar-refractivity contribution is -0.275. The van der Waals surface area contributed by atoms with Gasteiger partial charge in [0.2, 0.25) is 0 Å². The summed E-state index contributed by atoms with van der Waals surface area (Å²) in [4.78, 5) is 0. The molecule has 0 spiro atoms. The molecule has 0 aliphatic heterocycles. The fourth-order valence-corrected chi connectivity index (χ4v) is 13.7. The first-order chi connectivity index (χ1) is 44.7. The maximum atomic E-state index is 16.3. The predicted octanol–water partition coefficient (Wildman–Crippen LogP) is 16.5. The molecule has 0 amide bonds. The Kier molecular flexibility index (Phi) is 25.9. The summed E-state index contributed by atoms with van der Waals surface area (Å²) in [5.41, 5.74) is 6.05. The Bertz CT molecular complexity index is 3490. The summed E-state index contributed by atoms with van der Waals surface area (Å²) in [6.45, 7) is -2.66. The van der Waals surface area contributed by atoms with E-state index < -0.39 is 73.7 Å². The molecule has 0 saturated heterocycles. The molecule has 1 saturated carbocycles. The quantitative estimate of drug-likeness (QED) is 0.0204. The molecule has 1 aliphatic carbocycles. The third kappa shape index (κ3) is 21.6. The Morgan fingerprint density at radius 3 is 0.615 bits per heavy atom. The van der Waals surface area contributed by atoms with Gasteiger partial charge < -0.3 is 23.7 Å².